The van der Waals surface area contributed by atoms with Gasteiger partial charge in [-0.05, 0) is 31.5 Å². The predicted molar refractivity (Wildman–Crippen MR) is 74.1 cm³/mol. The van der Waals surface area contributed by atoms with Gasteiger partial charge < -0.3 is 15.8 Å². The van der Waals surface area contributed by atoms with E-state index in [9.17, 15) is 4.79 Å². The molecule has 100 valence electrons. The first-order valence-corrected chi connectivity index (χ1v) is 6.42. The smallest absolute Gasteiger partial charge is 0.226 e. The molecule has 5 heteroatoms. The first kappa shape index (κ1) is 14.8. The number of hydrogen-bond acceptors (Lipinski definition) is 3. The van der Waals surface area contributed by atoms with Crippen LogP contribution < -0.4 is 15.8 Å². The Bertz CT molecular complexity index is 410. The number of hydrogen-bond donors (Lipinski definition) is 2. The fourth-order valence-electron chi connectivity index (χ4n) is 1.46. The first-order chi connectivity index (χ1) is 8.56. The molecular weight excluding hydrogens is 252 g/mol. The van der Waals surface area contributed by atoms with E-state index in [2.05, 4.69) is 5.32 Å². The van der Waals surface area contributed by atoms with Crippen LogP contribution in [0.2, 0.25) is 5.02 Å². The highest BCUT2D eigenvalue weighted by Crippen LogP contribution is 2.28. The van der Waals surface area contributed by atoms with E-state index >= 15 is 0 Å². The number of rotatable bonds is 6. The van der Waals surface area contributed by atoms with Crippen molar-refractivity contribution in [3.8, 4) is 5.75 Å². The fourth-order valence-corrected chi connectivity index (χ4v) is 1.64. The van der Waals surface area contributed by atoms with Crippen LogP contribution in [0.5, 0.6) is 5.75 Å². The maximum absolute atomic E-state index is 11.8. The van der Waals surface area contributed by atoms with Gasteiger partial charge >= 0.3 is 0 Å². The van der Waals surface area contributed by atoms with E-state index in [1.165, 1.54) is 0 Å². The van der Waals surface area contributed by atoms with E-state index in [-0.39, 0.29) is 18.4 Å². The maximum atomic E-state index is 11.8. The van der Waals surface area contributed by atoms with Crippen LogP contribution in [0.15, 0.2) is 18.2 Å². The highest BCUT2D eigenvalue weighted by atomic mass is 35.5. The summed E-state index contributed by atoms with van der Waals surface area (Å²) in [6.07, 6.45) is 1.05. The van der Waals surface area contributed by atoms with E-state index in [1.807, 2.05) is 13.8 Å². The second-order valence-corrected chi connectivity index (χ2v) is 4.43. The SMILES string of the molecule is CCOc1ccc(Cl)cc1NC(=O)CC(N)CC. The molecule has 0 radical (unpaired) electrons. The Morgan fingerprint density at radius 2 is 2.22 bits per heavy atom. The summed E-state index contributed by atoms with van der Waals surface area (Å²) in [5, 5.41) is 3.32. The zero-order valence-electron chi connectivity index (χ0n) is 10.7. The number of ether oxygens (including phenoxy) is 1. The molecule has 1 aromatic carbocycles. The molecule has 1 amide bonds. The van der Waals surface area contributed by atoms with Crippen LogP contribution in [0.3, 0.4) is 0 Å². The zero-order chi connectivity index (χ0) is 13.5. The molecule has 0 aliphatic carbocycles. The number of nitrogens with one attached hydrogen (secondary N) is 1. The second kappa shape index (κ2) is 7.24. The third-order valence-corrected chi connectivity index (χ3v) is 2.72. The lowest BCUT2D eigenvalue weighted by Crippen LogP contribution is -2.26. The van der Waals surface area contributed by atoms with Gasteiger partial charge in [0.05, 0.1) is 12.3 Å². The van der Waals surface area contributed by atoms with Crippen LogP contribution in [-0.4, -0.2) is 18.6 Å². The normalized spacial score (nSPS) is 12.0. The van der Waals surface area contributed by atoms with Gasteiger partial charge in [0.15, 0.2) is 0 Å². The van der Waals surface area contributed by atoms with Crippen LogP contribution in [0.25, 0.3) is 0 Å². The van der Waals surface area contributed by atoms with Crippen molar-refractivity contribution in [2.75, 3.05) is 11.9 Å². The molecule has 0 spiro atoms. The van der Waals surface area contributed by atoms with Crippen molar-refractivity contribution in [2.24, 2.45) is 5.73 Å². The first-order valence-electron chi connectivity index (χ1n) is 6.04. The van der Waals surface area contributed by atoms with Crippen molar-refractivity contribution in [1.29, 1.82) is 0 Å². The topological polar surface area (TPSA) is 64.3 Å². The molecule has 3 N–H and O–H groups in total. The van der Waals surface area contributed by atoms with E-state index in [0.29, 0.717) is 23.1 Å². The number of nitrogens with two attached hydrogens (primary N) is 1. The molecule has 1 aromatic rings. The number of carbonyl (C=O) groups is 1. The van der Waals surface area contributed by atoms with Crippen molar-refractivity contribution in [3.05, 3.63) is 23.2 Å². The maximum Gasteiger partial charge on any atom is 0.226 e. The van der Waals surface area contributed by atoms with E-state index in [1.54, 1.807) is 18.2 Å². The Balaban J connectivity index is 2.75. The summed E-state index contributed by atoms with van der Waals surface area (Å²) in [6.45, 7) is 4.36. The van der Waals surface area contributed by atoms with Gasteiger partial charge in [-0.1, -0.05) is 18.5 Å². The van der Waals surface area contributed by atoms with Gasteiger partial charge in [-0.2, -0.15) is 0 Å². The molecule has 1 unspecified atom stereocenters. The van der Waals surface area contributed by atoms with Gasteiger partial charge in [-0.25, -0.2) is 0 Å². The minimum atomic E-state index is -0.132. The van der Waals surface area contributed by atoms with Crippen LogP contribution in [0, 0.1) is 0 Å². The minimum absolute atomic E-state index is 0.125. The Kier molecular flexibility index (Phi) is 5.95. The molecule has 0 heterocycles. The van der Waals surface area contributed by atoms with E-state index in [4.69, 9.17) is 22.1 Å². The largest absolute Gasteiger partial charge is 0.492 e. The molecule has 0 saturated carbocycles. The Morgan fingerprint density at radius 3 is 2.83 bits per heavy atom. The zero-order valence-corrected chi connectivity index (χ0v) is 11.5. The molecular formula is C13H19ClN2O2. The lowest BCUT2D eigenvalue weighted by molar-refractivity contribution is -0.116. The van der Waals surface area contributed by atoms with Gasteiger partial charge in [-0.15, -0.1) is 0 Å². The van der Waals surface area contributed by atoms with Crippen molar-refractivity contribution in [3.63, 3.8) is 0 Å². The summed E-state index contributed by atoms with van der Waals surface area (Å²) in [5.41, 5.74) is 6.32. The molecule has 4 nitrogen and oxygen atoms in total. The van der Waals surface area contributed by atoms with E-state index < -0.39 is 0 Å². The number of carbonyl (C=O) groups excluding carboxylic acids is 1. The summed E-state index contributed by atoms with van der Waals surface area (Å²) in [7, 11) is 0. The van der Waals surface area contributed by atoms with Crippen LogP contribution in [0.4, 0.5) is 5.69 Å². The van der Waals surface area contributed by atoms with Gasteiger partial charge in [0.2, 0.25) is 5.91 Å². The van der Waals surface area contributed by atoms with Gasteiger partial charge in [0.1, 0.15) is 5.75 Å². The molecule has 0 fully saturated rings. The molecule has 0 aromatic heterocycles. The molecule has 0 saturated heterocycles. The van der Waals surface area contributed by atoms with Crippen molar-refractivity contribution < 1.29 is 9.53 Å². The second-order valence-electron chi connectivity index (χ2n) is 3.99. The fraction of sp³-hybridized carbons (Fsp3) is 0.462. The van der Waals surface area contributed by atoms with Crippen LogP contribution in [0.1, 0.15) is 26.7 Å². The minimum Gasteiger partial charge on any atom is -0.492 e. The lowest BCUT2D eigenvalue weighted by Gasteiger charge is -2.13. The van der Waals surface area contributed by atoms with Crippen LogP contribution >= 0.6 is 11.6 Å². The molecule has 1 atom stereocenters. The summed E-state index contributed by atoms with van der Waals surface area (Å²) in [4.78, 5) is 11.8. The third kappa shape index (κ3) is 4.55. The standard InChI is InChI=1S/C13H19ClN2O2/c1-3-10(15)8-13(17)16-11-7-9(14)5-6-12(11)18-4-2/h5-7,10H,3-4,8,15H2,1-2H3,(H,16,17). The van der Waals surface area contributed by atoms with Crippen molar-refractivity contribution in [2.45, 2.75) is 32.7 Å². The summed E-state index contributed by atoms with van der Waals surface area (Å²) >= 11 is 5.90. The van der Waals surface area contributed by atoms with Crippen molar-refractivity contribution >= 4 is 23.2 Å². The van der Waals surface area contributed by atoms with Gasteiger partial charge in [0.25, 0.3) is 0 Å². The average molecular weight is 271 g/mol. The number of benzene rings is 1. The molecule has 0 aliphatic rings. The number of anilines is 1. The third-order valence-electron chi connectivity index (χ3n) is 2.49. The average Bonchev–Trinajstić information content (AvgIpc) is 2.32. The predicted octanol–water partition coefficient (Wildman–Crippen LogP) is 2.80. The highest BCUT2D eigenvalue weighted by Gasteiger charge is 2.11. The molecule has 0 bridgehead atoms. The summed E-state index contributed by atoms with van der Waals surface area (Å²) in [5.74, 6) is 0.480. The molecule has 1 rings (SSSR count). The summed E-state index contributed by atoms with van der Waals surface area (Å²) < 4.78 is 5.42. The molecule has 0 aliphatic heterocycles. The Labute approximate surface area is 112 Å². The Hall–Kier alpha value is -1.26. The lowest BCUT2D eigenvalue weighted by atomic mass is 10.1. The highest BCUT2D eigenvalue weighted by molar-refractivity contribution is 6.31. The monoisotopic (exact) mass is 270 g/mol. The number of halogens is 1. The van der Waals surface area contributed by atoms with Crippen LogP contribution in [-0.2, 0) is 4.79 Å². The van der Waals surface area contributed by atoms with Gasteiger partial charge in [0, 0.05) is 17.5 Å². The summed E-state index contributed by atoms with van der Waals surface area (Å²) in [6, 6.07) is 5.00. The molecule has 18 heavy (non-hydrogen) atoms. The number of amides is 1. The van der Waals surface area contributed by atoms with Gasteiger partial charge in [-0.3, -0.25) is 4.79 Å². The van der Waals surface area contributed by atoms with E-state index in [0.717, 1.165) is 6.42 Å². The quantitative estimate of drug-likeness (QED) is 0.835. The van der Waals surface area contributed by atoms with Crippen molar-refractivity contribution in [1.82, 2.24) is 0 Å². The Morgan fingerprint density at radius 1 is 1.50 bits per heavy atom.